The normalized spacial score (nSPS) is 17.2. The molecular formula is C29H34ClFN6O. The van der Waals surface area contributed by atoms with Gasteiger partial charge in [-0.3, -0.25) is 9.18 Å². The average molecular weight is 537 g/mol. The molecule has 2 aromatic carbocycles. The maximum Gasteiger partial charge on any atom is 0.234 e. The third-order valence-electron chi connectivity index (χ3n) is 7.62. The van der Waals surface area contributed by atoms with Crippen molar-refractivity contribution in [3.05, 3.63) is 70.4 Å². The van der Waals surface area contributed by atoms with Gasteiger partial charge in [-0.15, -0.1) is 0 Å². The third kappa shape index (κ3) is 5.61. The first-order chi connectivity index (χ1) is 18.3. The number of nitrogens with zero attached hydrogens (tertiary/aromatic N) is 3. The second-order valence-electron chi connectivity index (χ2n) is 10.6. The summed E-state index contributed by atoms with van der Waals surface area (Å²) in [4.78, 5) is 23.7. The van der Waals surface area contributed by atoms with Crippen LogP contribution in [-0.2, 0) is 16.8 Å². The van der Waals surface area contributed by atoms with Crippen molar-refractivity contribution in [2.75, 3.05) is 42.3 Å². The molecule has 0 bridgehead atoms. The number of alkyl halides is 1. The van der Waals surface area contributed by atoms with Gasteiger partial charge in [0.05, 0.1) is 18.3 Å². The Bertz CT molecular complexity index is 1290. The Kier molecular flexibility index (Phi) is 7.81. The lowest BCUT2D eigenvalue weighted by Crippen LogP contribution is -2.33. The Labute approximate surface area is 228 Å². The summed E-state index contributed by atoms with van der Waals surface area (Å²) < 4.78 is 12.5. The maximum absolute atomic E-state index is 12.5. The first-order valence-corrected chi connectivity index (χ1v) is 13.6. The van der Waals surface area contributed by atoms with E-state index in [1.807, 2.05) is 32.0 Å². The van der Waals surface area contributed by atoms with E-state index in [0.29, 0.717) is 35.7 Å². The molecule has 0 unspecified atom stereocenters. The minimum absolute atomic E-state index is 0.00318. The second kappa shape index (κ2) is 11.3. The first-order valence-electron chi connectivity index (χ1n) is 13.2. The Morgan fingerprint density at radius 1 is 1.16 bits per heavy atom. The van der Waals surface area contributed by atoms with Gasteiger partial charge in [-0.25, -0.2) is 4.98 Å². The van der Waals surface area contributed by atoms with Crippen LogP contribution >= 0.6 is 11.6 Å². The number of piperidine rings is 1. The quantitative estimate of drug-likeness (QED) is 0.300. The summed E-state index contributed by atoms with van der Waals surface area (Å²) in [6.45, 7) is 6.99. The lowest BCUT2D eigenvalue weighted by molar-refractivity contribution is -0.119. The molecule has 0 spiro atoms. The number of carbonyl (C=O) groups excluding carboxylic acids is 1. The molecule has 0 saturated carbocycles. The zero-order chi connectivity index (χ0) is 26.7. The number of anilines is 4. The van der Waals surface area contributed by atoms with Gasteiger partial charge in [0.15, 0.2) is 5.82 Å². The molecule has 2 aliphatic heterocycles. The van der Waals surface area contributed by atoms with Crippen molar-refractivity contribution >= 4 is 40.6 Å². The van der Waals surface area contributed by atoms with Crippen LogP contribution in [0.1, 0.15) is 55.7 Å². The fraction of sp³-hybridized carbons (Fsp3) is 0.414. The molecule has 2 aliphatic rings. The van der Waals surface area contributed by atoms with Crippen molar-refractivity contribution in [2.24, 2.45) is 0 Å². The summed E-state index contributed by atoms with van der Waals surface area (Å²) in [6, 6.07) is 14.3. The lowest BCUT2D eigenvalue weighted by Gasteiger charge is -2.32. The molecule has 3 aromatic rings. The molecule has 1 saturated heterocycles. The predicted octanol–water partition coefficient (Wildman–Crippen LogP) is 6.25. The molecule has 1 fully saturated rings. The molecular weight excluding hydrogens is 503 g/mol. The van der Waals surface area contributed by atoms with Crippen LogP contribution in [0.4, 0.5) is 27.5 Å². The average Bonchev–Trinajstić information content (AvgIpc) is 3.16. The van der Waals surface area contributed by atoms with Gasteiger partial charge in [-0.1, -0.05) is 35.9 Å². The van der Waals surface area contributed by atoms with E-state index in [1.165, 1.54) is 5.56 Å². The standard InChI is InChI=1S/C29H34ClFN6O/c1-29(2)25-21(5-3-6-24(25)35-27(29)38)17-32-26-23(30)18-33-28(36-26)34-22-9-7-19(8-10-22)20-11-15-37(16-12-20)14-4-13-31/h3,5-10,18,20H,4,11-17H2,1-2H3,(H,35,38)(H2,32,33,34,36). The van der Waals surface area contributed by atoms with Crippen LogP contribution in [0.3, 0.4) is 0 Å². The third-order valence-corrected chi connectivity index (χ3v) is 7.89. The molecule has 0 atom stereocenters. The van der Waals surface area contributed by atoms with Crippen molar-refractivity contribution in [1.29, 1.82) is 0 Å². The van der Waals surface area contributed by atoms with Crippen LogP contribution in [0.2, 0.25) is 5.02 Å². The van der Waals surface area contributed by atoms with Gasteiger partial charge >= 0.3 is 0 Å². The van der Waals surface area contributed by atoms with Gasteiger partial charge < -0.3 is 20.9 Å². The van der Waals surface area contributed by atoms with Crippen molar-refractivity contribution in [1.82, 2.24) is 14.9 Å². The van der Waals surface area contributed by atoms with Crippen molar-refractivity contribution in [2.45, 2.75) is 51.0 Å². The highest BCUT2D eigenvalue weighted by Crippen LogP contribution is 2.40. The predicted molar refractivity (Wildman–Crippen MR) is 151 cm³/mol. The number of carbonyl (C=O) groups is 1. The van der Waals surface area contributed by atoms with Gasteiger partial charge in [0.2, 0.25) is 11.9 Å². The maximum atomic E-state index is 12.5. The zero-order valence-electron chi connectivity index (χ0n) is 21.9. The monoisotopic (exact) mass is 536 g/mol. The number of aromatic nitrogens is 2. The van der Waals surface area contributed by atoms with E-state index in [-0.39, 0.29) is 12.6 Å². The number of hydrogen-bond donors (Lipinski definition) is 3. The summed E-state index contributed by atoms with van der Waals surface area (Å²) in [5.41, 5.74) is 4.47. The number of nitrogens with one attached hydrogen (secondary N) is 3. The van der Waals surface area contributed by atoms with Crippen molar-refractivity contribution in [3.8, 4) is 0 Å². The first kappa shape index (κ1) is 26.4. The van der Waals surface area contributed by atoms with Gasteiger partial charge in [0.25, 0.3) is 0 Å². The number of likely N-dealkylation sites (tertiary alicyclic amines) is 1. The van der Waals surface area contributed by atoms with Crippen LogP contribution in [-0.4, -0.2) is 47.1 Å². The molecule has 200 valence electrons. The molecule has 0 radical (unpaired) electrons. The number of hydrogen-bond acceptors (Lipinski definition) is 6. The number of rotatable bonds is 9. The minimum Gasteiger partial charge on any atom is -0.365 e. The van der Waals surface area contributed by atoms with Gasteiger partial charge in [-0.2, -0.15) is 4.98 Å². The molecule has 3 N–H and O–H groups in total. The Morgan fingerprint density at radius 2 is 1.92 bits per heavy atom. The van der Waals surface area contributed by atoms with Crippen LogP contribution in [0.15, 0.2) is 48.7 Å². The molecule has 1 aromatic heterocycles. The van der Waals surface area contributed by atoms with Crippen LogP contribution in [0.25, 0.3) is 0 Å². The molecule has 1 amide bonds. The molecule has 0 aliphatic carbocycles. The summed E-state index contributed by atoms with van der Waals surface area (Å²) in [5.74, 6) is 1.49. The number of fused-ring (bicyclic) bond motifs is 1. The summed E-state index contributed by atoms with van der Waals surface area (Å²) in [6.07, 6.45) is 4.40. The Morgan fingerprint density at radius 3 is 2.66 bits per heavy atom. The Balaban J connectivity index is 1.22. The number of halogens is 2. The van der Waals surface area contributed by atoms with Crippen molar-refractivity contribution < 1.29 is 9.18 Å². The van der Waals surface area contributed by atoms with E-state index in [2.05, 4.69) is 55.1 Å². The number of benzene rings is 2. The fourth-order valence-corrected chi connectivity index (χ4v) is 5.61. The fourth-order valence-electron chi connectivity index (χ4n) is 5.45. The summed E-state index contributed by atoms with van der Waals surface area (Å²) in [5, 5.41) is 9.98. The summed E-state index contributed by atoms with van der Waals surface area (Å²) in [7, 11) is 0. The van der Waals surface area contributed by atoms with Crippen LogP contribution < -0.4 is 16.0 Å². The van der Waals surface area contributed by atoms with Crippen molar-refractivity contribution in [3.63, 3.8) is 0 Å². The number of amides is 1. The summed E-state index contributed by atoms with van der Waals surface area (Å²) >= 11 is 6.40. The molecule has 7 nitrogen and oxygen atoms in total. The molecule has 38 heavy (non-hydrogen) atoms. The lowest BCUT2D eigenvalue weighted by atomic mass is 9.83. The van der Waals surface area contributed by atoms with Crippen LogP contribution in [0.5, 0.6) is 0 Å². The topological polar surface area (TPSA) is 82.2 Å². The van der Waals surface area contributed by atoms with Crippen LogP contribution in [0, 0.1) is 0 Å². The minimum atomic E-state index is -0.603. The van der Waals surface area contributed by atoms with Gasteiger partial charge in [0, 0.05) is 24.5 Å². The highest BCUT2D eigenvalue weighted by Gasteiger charge is 2.39. The molecule has 9 heteroatoms. The van der Waals surface area contributed by atoms with Gasteiger partial charge in [0.1, 0.15) is 5.02 Å². The van der Waals surface area contributed by atoms with Gasteiger partial charge in [-0.05, 0) is 87.0 Å². The van der Waals surface area contributed by atoms with E-state index in [9.17, 15) is 9.18 Å². The SMILES string of the molecule is CC1(C)C(=O)Nc2cccc(CNc3nc(Nc4ccc(C5CCN(CCCF)CC5)cc4)ncc3Cl)c21. The Hall–Kier alpha value is -3.23. The molecule has 5 rings (SSSR count). The zero-order valence-corrected chi connectivity index (χ0v) is 22.6. The van der Waals surface area contributed by atoms with E-state index in [1.54, 1.807) is 6.20 Å². The van der Waals surface area contributed by atoms with E-state index in [0.717, 1.165) is 55.0 Å². The largest absolute Gasteiger partial charge is 0.365 e. The molecule has 3 heterocycles. The smallest absolute Gasteiger partial charge is 0.234 e. The highest BCUT2D eigenvalue weighted by molar-refractivity contribution is 6.32. The van der Waals surface area contributed by atoms with E-state index >= 15 is 0 Å². The highest BCUT2D eigenvalue weighted by atomic mass is 35.5. The second-order valence-corrected chi connectivity index (χ2v) is 11.0. The van der Waals surface area contributed by atoms with E-state index < -0.39 is 5.41 Å². The van der Waals surface area contributed by atoms with E-state index in [4.69, 9.17) is 11.6 Å².